The van der Waals surface area contributed by atoms with Crippen LogP contribution in [0.2, 0.25) is 0 Å². The topological polar surface area (TPSA) is 49.6 Å². The van der Waals surface area contributed by atoms with Crippen molar-refractivity contribution in [2.45, 2.75) is 45.2 Å². The number of rotatable bonds is 6. The molecule has 0 radical (unpaired) electrons. The van der Waals surface area contributed by atoms with Gasteiger partial charge in [0.15, 0.2) is 0 Å². The molecule has 4 nitrogen and oxygen atoms in total. The molecule has 2 aliphatic rings. The molecule has 1 aliphatic carbocycles. The van der Waals surface area contributed by atoms with Crippen LogP contribution < -0.4 is 5.73 Å². The summed E-state index contributed by atoms with van der Waals surface area (Å²) >= 11 is 0. The molecule has 0 aromatic heterocycles. The summed E-state index contributed by atoms with van der Waals surface area (Å²) in [6, 6.07) is 10.9. The largest absolute Gasteiger partial charge is 0.342 e. The van der Waals surface area contributed by atoms with Crippen molar-refractivity contribution >= 4 is 5.91 Å². The molecule has 3 atom stereocenters. The summed E-state index contributed by atoms with van der Waals surface area (Å²) in [4.78, 5) is 17.3. The smallest absolute Gasteiger partial charge is 0.225 e. The van der Waals surface area contributed by atoms with Crippen molar-refractivity contribution in [3.63, 3.8) is 0 Å². The van der Waals surface area contributed by atoms with E-state index >= 15 is 0 Å². The molecule has 1 heterocycles. The Morgan fingerprint density at radius 2 is 2.04 bits per heavy atom. The van der Waals surface area contributed by atoms with Gasteiger partial charge in [-0.3, -0.25) is 9.69 Å². The molecule has 3 rings (SSSR count). The number of carbonyl (C=O) groups excluding carboxylic acids is 1. The molecule has 1 saturated heterocycles. The molecule has 1 saturated carbocycles. The highest BCUT2D eigenvalue weighted by Crippen LogP contribution is 2.27. The van der Waals surface area contributed by atoms with E-state index in [1.54, 1.807) is 0 Å². The van der Waals surface area contributed by atoms with Crippen molar-refractivity contribution in [1.29, 1.82) is 0 Å². The molecule has 0 spiro atoms. The highest BCUT2D eigenvalue weighted by atomic mass is 16.2. The van der Waals surface area contributed by atoms with Crippen molar-refractivity contribution in [3.05, 3.63) is 35.9 Å². The van der Waals surface area contributed by atoms with Gasteiger partial charge in [-0.2, -0.15) is 0 Å². The van der Waals surface area contributed by atoms with Crippen molar-refractivity contribution in [2.75, 3.05) is 26.2 Å². The second-order valence-corrected chi connectivity index (χ2v) is 7.52. The Morgan fingerprint density at radius 1 is 1.25 bits per heavy atom. The Labute approximate surface area is 146 Å². The van der Waals surface area contributed by atoms with Gasteiger partial charge in [0.1, 0.15) is 0 Å². The number of amides is 1. The minimum Gasteiger partial charge on any atom is -0.342 e. The first-order valence-electron chi connectivity index (χ1n) is 9.46. The van der Waals surface area contributed by atoms with E-state index in [4.69, 9.17) is 5.73 Å². The maximum absolute atomic E-state index is 12.7. The average Bonchev–Trinajstić information content (AvgIpc) is 3.22. The van der Waals surface area contributed by atoms with Crippen LogP contribution in [-0.2, 0) is 11.3 Å². The Balaban J connectivity index is 1.49. The number of likely N-dealkylation sites (tertiary alicyclic amines) is 1. The predicted octanol–water partition coefficient (Wildman–Crippen LogP) is 2.48. The summed E-state index contributed by atoms with van der Waals surface area (Å²) < 4.78 is 0. The van der Waals surface area contributed by atoms with E-state index in [0.717, 1.165) is 52.0 Å². The molecule has 0 bridgehead atoms. The van der Waals surface area contributed by atoms with Gasteiger partial charge in [-0.15, -0.1) is 0 Å². The zero-order valence-corrected chi connectivity index (χ0v) is 14.9. The highest BCUT2D eigenvalue weighted by Gasteiger charge is 2.32. The van der Waals surface area contributed by atoms with Crippen LogP contribution in [0.5, 0.6) is 0 Å². The van der Waals surface area contributed by atoms with E-state index in [1.807, 2.05) is 0 Å². The predicted molar refractivity (Wildman–Crippen MR) is 97.4 cm³/mol. The van der Waals surface area contributed by atoms with Gasteiger partial charge < -0.3 is 10.6 Å². The Hall–Kier alpha value is -1.39. The van der Waals surface area contributed by atoms with Gasteiger partial charge in [0, 0.05) is 38.1 Å². The molecule has 2 N–H and O–H groups in total. The molecular weight excluding hydrogens is 298 g/mol. The van der Waals surface area contributed by atoms with Crippen molar-refractivity contribution in [2.24, 2.45) is 17.6 Å². The Morgan fingerprint density at radius 3 is 2.71 bits per heavy atom. The fourth-order valence-electron chi connectivity index (χ4n) is 4.23. The Kier molecular flexibility index (Phi) is 5.90. The maximum Gasteiger partial charge on any atom is 0.225 e. The highest BCUT2D eigenvalue weighted by molar-refractivity contribution is 5.79. The van der Waals surface area contributed by atoms with E-state index in [1.165, 1.54) is 12.0 Å². The molecule has 4 heteroatoms. The van der Waals surface area contributed by atoms with E-state index in [0.29, 0.717) is 11.8 Å². The zero-order chi connectivity index (χ0) is 16.9. The molecule has 1 aromatic rings. The van der Waals surface area contributed by atoms with Crippen molar-refractivity contribution in [1.82, 2.24) is 9.80 Å². The standard InChI is InChI=1S/C20H31N3O/c1-2-23(20(24)18-8-9-19(21)12-18)15-17-10-11-22(14-17)13-16-6-4-3-5-7-16/h3-7,17-19H,2,8-15,21H2,1H3. The second-order valence-electron chi connectivity index (χ2n) is 7.52. The van der Waals surface area contributed by atoms with Gasteiger partial charge in [0.2, 0.25) is 5.91 Å². The molecule has 1 amide bonds. The second kappa shape index (κ2) is 8.13. The summed E-state index contributed by atoms with van der Waals surface area (Å²) in [5.41, 5.74) is 7.36. The fraction of sp³-hybridized carbons (Fsp3) is 0.650. The number of hydrogen-bond donors (Lipinski definition) is 1. The maximum atomic E-state index is 12.7. The van der Waals surface area contributed by atoms with E-state index in [-0.39, 0.29) is 12.0 Å². The molecule has 1 aromatic carbocycles. The quantitative estimate of drug-likeness (QED) is 0.872. The number of carbonyl (C=O) groups is 1. The lowest BCUT2D eigenvalue weighted by Crippen LogP contribution is -2.39. The summed E-state index contributed by atoms with van der Waals surface area (Å²) in [6.07, 6.45) is 4.05. The first-order valence-corrected chi connectivity index (χ1v) is 9.46. The van der Waals surface area contributed by atoms with Crippen LogP contribution in [0, 0.1) is 11.8 Å². The molecule has 2 fully saturated rings. The van der Waals surface area contributed by atoms with E-state index < -0.39 is 0 Å². The van der Waals surface area contributed by atoms with Crippen LogP contribution in [0.3, 0.4) is 0 Å². The van der Waals surface area contributed by atoms with E-state index in [9.17, 15) is 4.79 Å². The SMILES string of the molecule is CCN(CC1CCN(Cc2ccccc2)C1)C(=O)C1CCC(N)C1. The van der Waals surface area contributed by atoms with Crippen LogP contribution in [0.15, 0.2) is 30.3 Å². The van der Waals surface area contributed by atoms with Gasteiger partial charge in [-0.1, -0.05) is 30.3 Å². The normalized spacial score (nSPS) is 27.5. The first-order chi connectivity index (χ1) is 11.7. The zero-order valence-electron chi connectivity index (χ0n) is 14.9. The summed E-state index contributed by atoms with van der Waals surface area (Å²) in [5, 5.41) is 0. The number of hydrogen-bond acceptors (Lipinski definition) is 3. The number of nitrogens with two attached hydrogens (primary N) is 1. The van der Waals surface area contributed by atoms with Crippen LogP contribution in [0.4, 0.5) is 0 Å². The summed E-state index contributed by atoms with van der Waals surface area (Å²) in [5.74, 6) is 1.11. The number of benzene rings is 1. The summed E-state index contributed by atoms with van der Waals surface area (Å²) in [7, 11) is 0. The van der Waals surface area contributed by atoms with Gasteiger partial charge >= 0.3 is 0 Å². The molecule has 24 heavy (non-hydrogen) atoms. The third kappa shape index (κ3) is 4.37. The van der Waals surface area contributed by atoms with Gasteiger partial charge in [-0.25, -0.2) is 0 Å². The minimum absolute atomic E-state index is 0.168. The average molecular weight is 329 g/mol. The van der Waals surface area contributed by atoms with E-state index in [2.05, 4.69) is 47.1 Å². The molecule has 3 unspecified atom stereocenters. The van der Waals surface area contributed by atoms with Gasteiger partial charge in [0.25, 0.3) is 0 Å². The van der Waals surface area contributed by atoms with Crippen LogP contribution >= 0.6 is 0 Å². The van der Waals surface area contributed by atoms with Gasteiger partial charge in [0.05, 0.1) is 0 Å². The summed E-state index contributed by atoms with van der Waals surface area (Å²) in [6.45, 7) is 7.09. The van der Waals surface area contributed by atoms with Gasteiger partial charge in [-0.05, 0) is 50.6 Å². The molecular formula is C20H31N3O. The first kappa shape index (κ1) is 17.4. The van der Waals surface area contributed by atoms with Crippen LogP contribution in [0.25, 0.3) is 0 Å². The number of nitrogens with zero attached hydrogens (tertiary/aromatic N) is 2. The molecule has 1 aliphatic heterocycles. The minimum atomic E-state index is 0.168. The molecule has 132 valence electrons. The third-order valence-corrected chi connectivity index (χ3v) is 5.61. The third-order valence-electron chi connectivity index (χ3n) is 5.61. The van der Waals surface area contributed by atoms with Crippen molar-refractivity contribution < 1.29 is 4.79 Å². The lowest BCUT2D eigenvalue weighted by Gasteiger charge is -2.27. The fourth-order valence-corrected chi connectivity index (χ4v) is 4.23. The lowest BCUT2D eigenvalue weighted by molar-refractivity contribution is -0.135. The lowest BCUT2D eigenvalue weighted by atomic mass is 10.0. The van der Waals surface area contributed by atoms with Crippen LogP contribution in [-0.4, -0.2) is 47.9 Å². The van der Waals surface area contributed by atoms with Crippen molar-refractivity contribution in [3.8, 4) is 0 Å². The Bertz CT molecular complexity index is 533. The monoisotopic (exact) mass is 329 g/mol. The van der Waals surface area contributed by atoms with Crippen LogP contribution in [0.1, 0.15) is 38.2 Å².